The minimum atomic E-state index is -0.772. The summed E-state index contributed by atoms with van der Waals surface area (Å²) in [6.45, 7) is 1.76. The van der Waals surface area contributed by atoms with E-state index in [0.717, 1.165) is 22.8 Å². The van der Waals surface area contributed by atoms with Crippen molar-refractivity contribution < 1.29 is 19.0 Å². The molecular formula is C19H19ClFNO3S. The number of nitrogens with zero attached hydrogens (tertiary/aromatic N) is 1. The summed E-state index contributed by atoms with van der Waals surface area (Å²) in [5.41, 5.74) is 0. The zero-order chi connectivity index (χ0) is 18.5. The maximum Gasteiger partial charge on any atom is 0.320 e. The molecule has 1 saturated heterocycles. The predicted octanol–water partition coefficient (Wildman–Crippen LogP) is 4.56. The Morgan fingerprint density at radius 1 is 1.35 bits per heavy atom. The average molecular weight is 396 g/mol. The molecule has 2 aromatic carbocycles. The van der Waals surface area contributed by atoms with Crippen LogP contribution < -0.4 is 4.74 Å². The highest BCUT2D eigenvalue weighted by Crippen LogP contribution is 2.36. The van der Waals surface area contributed by atoms with E-state index in [9.17, 15) is 14.3 Å². The van der Waals surface area contributed by atoms with Crippen molar-refractivity contribution in [3.63, 3.8) is 0 Å². The van der Waals surface area contributed by atoms with Crippen LogP contribution >= 0.6 is 23.4 Å². The lowest BCUT2D eigenvalue weighted by Gasteiger charge is -2.21. The number of benzene rings is 2. The molecule has 0 radical (unpaired) electrons. The predicted molar refractivity (Wildman–Crippen MR) is 99.7 cm³/mol. The Morgan fingerprint density at radius 2 is 2.15 bits per heavy atom. The normalized spacial score (nSPS) is 17.4. The Kier molecular flexibility index (Phi) is 6.40. The molecule has 1 unspecified atom stereocenters. The Hall–Kier alpha value is -1.76. The van der Waals surface area contributed by atoms with Crippen LogP contribution in [-0.4, -0.2) is 41.7 Å². The third kappa shape index (κ3) is 4.69. The topological polar surface area (TPSA) is 49.8 Å². The molecule has 1 N–H and O–H groups in total. The molecule has 0 aliphatic carbocycles. The molecule has 0 bridgehead atoms. The molecule has 1 fully saturated rings. The Balaban J connectivity index is 1.62. The lowest BCUT2D eigenvalue weighted by molar-refractivity contribution is -0.142. The SMILES string of the molecule is O=C(O)C1CCCN1CCOc1ccccc1Sc1ccc(F)c(Cl)c1. The van der Waals surface area contributed by atoms with Crippen LogP contribution in [0.4, 0.5) is 4.39 Å². The fourth-order valence-corrected chi connectivity index (χ4v) is 4.15. The molecule has 138 valence electrons. The monoisotopic (exact) mass is 395 g/mol. The molecule has 0 aromatic heterocycles. The van der Waals surface area contributed by atoms with E-state index in [1.54, 1.807) is 12.1 Å². The zero-order valence-corrected chi connectivity index (χ0v) is 15.6. The Bertz CT molecular complexity index is 789. The average Bonchev–Trinajstić information content (AvgIpc) is 3.08. The van der Waals surface area contributed by atoms with Gasteiger partial charge in [0.15, 0.2) is 0 Å². The maximum absolute atomic E-state index is 13.3. The van der Waals surface area contributed by atoms with Gasteiger partial charge in [-0.15, -0.1) is 0 Å². The number of halogens is 2. The van der Waals surface area contributed by atoms with Crippen molar-refractivity contribution in [2.45, 2.75) is 28.7 Å². The van der Waals surface area contributed by atoms with E-state index >= 15 is 0 Å². The second-order valence-electron chi connectivity index (χ2n) is 6.01. The molecular weight excluding hydrogens is 377 g/mol. The quantitative estimate of drug-likeness (QED) is 0.744. The van der Waals surface area contributed by atoms with E-state index in [2.05, 4.69) is 0 Å². The summed E-state index contributed by atoms with van der Waals surface area (Å²) >= 11 is 7.28. The summed E-state index contributed by atoms with van der Waals surface area (Å²) in [4.78, 5) is 14.9. The number of para-hydroxylation sites is 1. The van der Waals surface area contributed by atoms with Crippen molar-refractivity contribution in [2.75, 3.05) is 19.7 Å². The molecule has 1 aliphatic heterocycles. The summed E-state index contributed by atoms with van der Waals surface area (Å²) in [5, 5.41) is 9.31. The molecule has 0 spiro atoms. The van der Waals surface area contributed by atoms with E-state index in [-0.39, 0.29) is 5.02 Å². The van der Waals surface area contributed by atoms with Crippen LogP contribution in [0.5, 0.6) is 5.75 Å². The second-order valence-corrected chi connectivity index (χ2v) is 7.53. The number of likely N-dealkylation sites (tertiary alicyclic amines) is 1. The van der Waals surface area contributed by atoms with Crippen LogP contribution in [0, 0.1) is 5.82 Å². The van der Waals surface area contributed by atoms with E-state index < -0.39 is 17.8 Å². The fraction of sp³-hybridized carbons (Fsp3) is 0.316. The molecule has 1 heterocycles. The lowest BCUT2D eigenvalue weighted by atomic mass is 10.2. The fourth-order valence-electron chi connectivity index (χ4n) is 2.97. The highest BCUT2D eigenvalue weighted by atomic mass is 35.5. The van der Waals surface area contributed by atoms with Gasteiger partial charge in [-0.05, 0) is 49.7 Å². The van der Waals surface area contributed by atoms with Crippen molar-refractivity contribution in [1.82, 2.24) is 4.90 Å². The van der Waals surface area contributed by atoms with Gasteiger partial charge in [-0.2, -0.15) is 0 Å². The van der Waals surface area contributed by atoms with Gasteiger partial charge in [0.1, 0.15) is 24.2 Å². The number of carboxylic acid groups (broad SMARTS) is 1. The third-order valence-corrected chi connectivity index (χ3v) is 5.59. The molecule has 0 saturated carbocycles. The van der Waals surface area contributed by atoms with E-state index in [4.69, 9.17) is 16.3 Å². The zero-order valence-electron chi connectivity index (χ0n) is 14.0. The standard InChI is InChI=1S/C19H19ClFNO3S/c20-14-12-13(7-8-15(14)21)26-18-6-2-1-5-17(18)25-11-10-22-9-3-4-16(22)19(23)24/h1-2,5-8,12,16H,3-4,9-11H2,(H,23,24). The van der Waals surface area contributed by atoms with Crippen molar-refractivity contribution in [2.24, 2.45) is 0 Å². The van der Waals surface area contributed by atoms with Gasteiger partial charge in [0.25, 0.3) is 0 Å². The first-order chi connectivity index (χ1) is 12.5. The number of carbonyl (C=O) groups is 1. The van der Waals surface area contributed by atoms with Gasteiger partial charge in [-0.3, -0.25) is 9.69 Å². The van der Waals surface area contributed by atoms with E-state index in [1.165, 1.54) is 17.8 Å². The number of hydrogen-bond acceptors (Lipinski definition) is 4. The second kappa shape index (κ2) is 8.75. The molecule has 7 heteroatoms. The number of hydrogen-bond donors (Lipinski definition) is 1. The lowest BCUT2D eigenvalue weighted by Crippen LogP contribution is -2.38. The van der Waals surface area contributed by atoms with Gasteiger partial charge < -0.3 is 9.84 Å². The molecule has 26 heavy (non-hydrogen) atoms. The van der Waals surface area contributed by atoms with Gasteiger partial charge in [0, 0.05) is 11.4 Å². The van der Waals surface area contributed by atoms with Gasteiger partial charge in [0.05, 0.1) is 9.92 Å². The largest absolute Gasteiger partial charge is 0.491 e. The highest BCUT2D eigenvalue weighted by molar-refractivity contribution is 7.99. The van der Waals surface area contributed by atoms with E-state index in [0.29, 0.717) is 25.3 Å². The first-order valence-electron chi connectivity index (χ1n) is 8.36. The van der Waals surface area contributed by atoms with Gasteiger partial charge in [0.2, 0.25) is 0 Å². The van der Waals surface area contributed by atoms with Gasteiger partial charge in [-0.1, -0.05) is 35.5 Å². The minimum absolute atomic E-state index is 0.0853. The molecule has 4 nitrogen and oxygen atoms in total. The molecule has 2 aromatic rings. The van der Waals surface area contributed by atoms with Crippen LogP contribution in [0.25, 0.3) is 0 Å². The molecule has 3 rings (SSSR count). The van der Waals surface area contributed by atoms with Gasteiger partial charge in [-0.25, -0.2) is 4.39 Å². The van der Waals surface area contributed by atoms with Crippen molar-refractivity contribution >= 4 is 29.3 Å². The molecule has 0 amide bonds. The van der Waals surface area contributed by atoms with Crippen LogP contribution in [0.15, 0.2) is 52.3 Å². The van der Waals surface area contributed by atoms with E-state index in [1.807, 2.05) is 29.2 Å². The van der Waals surface area contributed by atoms with Crippen LogP contribution in [-0.2, 0) is 4.79 Å². The summed E-state index contributed by atoms with van der Waals surface area (Å²) in [7, 11) is 0. The minimum Gasteiger partial charge on any atom is -0.491 e. The number of carboxylic acids is 1. The van der Waals surface area contributed by atoms with Crippen LogP contribution in [0.3, 0.4) is 0 Å². The summed E-state index contributed by atoms with van der Waals surface area (Å²) in [6.07, 6.45) is 1.59. The Labute approximate surface area is 160 Å². The summed E-state index contributed by atoms with van der Waals surface area (Å²) in [6, 6.07) is 11.8. The number of aliphatic carboxylic acids is 1. The van der Waals surface area contributed by atoms with Crippen molar-refractivity contribution in [3.05, 3.63) is 53.3 Å². The van der Waals surface area contributed by atoms with Crippen molar-refractivity contribution in [1.29, 1.82) is 0 Å². The molecule has 1 atom stereocenters. The Morgan fingerprint density at radius 3 is 2.92 bits per heavy atom. The summed E-state index contributed by atoms with van der Waals surface area (Å²) < 4.78 is 19.2. The highest BCUT2D eigenvalue weighted by Gasteiger charge is 2.29. The third-order valence-electron chi connectivity index (χ3n) is 4.25. The van der Waals surface area contributed by atoms with Crippen LogP contribution in [0.2, 0.25) is 5.02 Å². The van der Waals surface area contributed by atoms with Crippen molar-refractivity contribution in [3.8, 4) is 5.75 Å². The molecule has 1 aliphatic rings. The smallest absolute Gasteiger partial charge is 0.320 e. The first-order valence-corrected chi connectivity index (χ1v) is 9.55. The van der Waals surface area contributed by atoms with Gasteiger partial charge >= 0.3 is 5.97 Å². The number of ether oxygens (including phenoxy) is 1. The van der Waals surface area contributed by atoms with Crippen LogP contribution in [0.1, 0.15) is 12.8 Å². The number of rotatable bonds is 7. The first kappa shape index (κ1) is 19.0. The maximum atomic E-state index is 13.3. The summed E-state index contributed by atoms with van der Waals surface area (Å²) in [5.74, 6) is -0.505.